The topological polar surface area (TPSA) is 57.7 Å². The maximum Gasteiger partial charge on any atom is 0.261 e. The molecule has 3 amide bonds. The fourth-order valence-electron chi connectivity index (χ4n) is 3.81. The predicted octanol–water partition coefficient (Wildman–Crippen LogP) is 4.32. The van der Waals surface area contributed by atoms with E-state index in [0.29, 0.717) is 23.2 Å². The van der Waals surface area contributed by atoms with Crippen molar-refractivity contribution in [3.8, 4) is 0 Å². The Kier molecular flexibility index (Phi) is 5.67. The highest BCUT2D eigenvalue weighted by Crippen LogP contribution is 2.24. The van der Waals surface area contributed by atoms with Gasteiger partial charge < -0.3 is 4.90 Å². The van der Waals surface area contributed by atoms with Crippen molar-refractivity contribution in [2.75, 3.05) is 7.05 Å². The Balaban J connectivity index is 1.47. The van der Waals surface area contributed by atoms with Crippen LogP contribution in [0.15, 0.2) is 72.8 Å². The van der Waals surface area contributed by atoms with E-state index < -0.39 is 0 Å². The SMILES string of the molecule is CCc1ccc(CN(C)C(=O)c2cccc(CN3C(=O)c4ccccc4C3=O)c2)cc1. The van der Waals surface area contributed by atoms with Gasteiger partial charge in [0.1, 0.15) is 0 Å². The summed E-state index contributed by atoms with van der Waals surface area (Å²) < 4.78 is 0. The van der Waals surface area contributed by atoms with Crippen LogP contribution < -0.4 is 0 Å². The fraction of sp³-hybridized carbons (Fsp3) is 0.192. The standard InChI is InChI=1S/C26H24N2O3/c1-3-18-11-13-19(14-12-18)16-27(2)24(29)21-8-6-7-20(15-21)17-28-25(30)22-9-4-5-10-23(22)26(28)31/h4-15H,3,16-17H2,1-2H3. The van der Waals surface area contributed by atoms with E-state index >= 15 is 0 Å². The van der Waals surface area contributed by atoms with E-state index in [-0.39, 0.29) is 24.3 Å². The number of hydrogen-bond acceptors (Lipinski definition) is 3. The lowest BCUT2D eigenvalue weighted by atomic mass is 10.1. The first kappa shape index (κ1) is 20.5. The molecule has 0 aromatic heterocycles. The van der Waals surface area contributed by atoms with Crippen LogP contribution in [-0.4, -0.2) is 34.6 Å². The molecule has 0 spiro atoms. The van der Waals surface area contributed by atoms with Gasteiger partial charge >= 0.3 is 0 Å². The molecule has 0 bridgehead atoms. The number of fused-ring (bicyclic) bond motifs is 1. The van der Waals surface area contributed by atoms with E-state index in [9.17, 15) is 14.4 Å². The Hall–Kier alpha value is -3.73. The van der Waals surface area contributed by atoms with Crippen LogP contribution in [0.3, 0.4) is 0 Å². The van der Waals surface area contributed by atoms with E-state index in [1.54, 1.807) is 54.4 Å². The number of amides is 3. The van der Waals surface area contributed by atoms with Gasteiger partial charge in [-0.2, -0.15) is 0 Å². The lowest BCUT2D eigenvalue weighted by molar-refractivity contribution is 0.0642. The van der Waals surface area contributed by atoms with Crippen LogP contribution >= 0.6 is 0 Å². The number of aryl methyl sites for hydroxylation is 1. The monoisotopic (exact) mass is 412 g/mol. The van der Waals surface area contributed by atoms with Crippen LogP contribution in [-0.2, 0) is 19.5 Å². The first-order valence-electron chi connectivity index (χ1n) is 10.4. The third kappa shape index (κ3) is 4.12. The Morgan fingerprint density at radius 3 is 2.03 bits per heavy atom. The molecular weight excluding hydrogens is 388 g/mol. The van der Waals surface area contributed by atoms with Crippen LogP contribution in [0, 0.1) is 0 Å². The molecule has 1 aliphatic rings. The van der Waals surface area contributed by atoms with Gasteiger partial charge in [-0.1, -0.05) is 55.5 Å². The van der Waals surface area contributed by atoms with Gasteiger partial charge in [-0.25, -0.2) is 0 Å². The Morgan fingerprint density at radius 2 is 1.42 bits per heavy atom. The third-order valence-corrected chi connectivity index (χ3v) is 5.59. The molecular formula is C26H24N2O3. The van der Waals surface area contributed by atoms with E-state index in [2.05, 4.69) is 19.1 Å². The summed E-state index contributed by atoms with van der Waals surface area (Å²) in [6.45, 7) is 2.75. The van der Waals surface area contributed by atoms with Crippen LogP contribution in [0.1, 0.15) is 54.7 Å². The van der Waals surface area contributed by atoms with Gasteiger partial charge in [0, 0.05) is 19.2 Å². The number of benzene rings is 3. The number of carbonyl (C=O) groups is 3. The molecule has 0 saturated carbocycles. The predicted molar refractivity (Wildman–Crippen MR) is 119 cm³/mol. The van der Waals surface area contributed by atoms with Crippen LogP contribution in [0.2, 0.25) is 0 Å². The molecule has 0 radical (unpaired) electrons. The molecule has 0 N–H and O–H groups in total. The molecule has 31 heavy (non-hydrogen) atoms. The van der Waals surface area contributed by atoms with Crippen molar-refractivity contribution in [1.29, 1.82) is 0 Å². The highest BCUT2D eigenvalue weighted by atomic mass is 16.2. The maximum absolute atomic E-state index is 12.9. The molecule has 0 fully saturated rings. The maximum atomic E-state index is 12.9. The molecule has 0 aliphatic carbocycles. The number of nitrogens with zero attached hydrogens (tertiary/aromatic N) is 2. The van der Waals surface area contributed by atoms with Crippen LogP contribution in [0.5, 0.6) is 0 Å². The van der Waals surface area contributed by atoms with Crippen molar-refractivity contribution in [2.45, 2.75) is 26.4 Å². The van der Waals surface area contributed by atoms with Crippen LogP contribution in [0.25, 0.3) is 0 Å². The zero-order valence-electron chi connectivity index (χ0n) is 17.7. The lowest BCUT2D eigenvalue weighted by Gasteiger charge is -2.19. The average molecular weight is 412 g/mol. The zero-order chi connectivity index (χ0) is 22.0. The summed E-state index contributed by atoms with van der Waals surface area (Å²) in [5.41, 5.74) is 4.44. The van der Waals surface area contributed by atoms with E-state index in [0.717, 1.165) is 17.5 Å². The summed E-state index contributed by atoms with van der Waals surface area (Å²) in [6.07, 6.45) is 0.981. The second-order valence-electron chi connectivity index (χ2n) is 7.77. The van der Waals surface area contributed by atoms with Gasteiger partial charge in [-0.05, 0) is 47.4 Å². The molecule has 5 heteroatoms. The number of hydrogen-bond donors (Lipinski definition) is 0. The van der Waals surface area contributed by atoms with E-state index in [1.807, 2.05) is 18.2 Å². The molecule has 0 unspecified atom stereocenters. The highest BCUT2D eigenvalue weighted by molar-refractivity contribution is 6.21. The van der Waals surface area contributed by atoms with Crippen LogP contribution in [0.4, 0.5) is 0 Å². The molecule has 156 valence electrons. The minimum atomic E-state index is -0.301. The van der Waals surface area contributed by atoms with Gasteiger partial charge in [0.05, 0.1) is 17.7 Å². The quantitative estimate of drug-likeness (QED) is 0.567. The van der Waals surface area contributed by atoms with Gasteiger partial charge in [-0.15, -0.1) is 0 Å². The van der Waals surface area contributed by atoms with Gasteiger partial charge in [-0.3, -0.25) is 19.3 Å². The summed E-state index contributed by atoms with van der Waals surface area (Å²) in [7, 11) is 1.77. The minimum absolute atomic E-state index is 0.108. The largest absolute Gasteiger partial charge is 0.337 e. The normalized spacial score (nSPS) is 12.8. The molecule has 1 aliphatic heterocycles. The molecule has 3 aromatic rings. The first-order valence-corrected chi connectivity index (χ1v) is 10.4. The molecule has 0 saturated heterocycles. The number of rotatable bonds is 6. The van der Waals surface area contributed by atoms with Crippen molar-refractivity contribution in [2.24, 2.45) is 0 Å². The van der Waals surface area contributed by atoms with Crippen molar-refractivity contribution in [3.63, 3.8) is 0 Å². The smallest absolute Gasteiger partial charge is 0.261 e. The second kappa shape index (κ2) is 8.56. The van der Waals surface area contributed by atoms with Gasteiger partial charge in [0.2, 0.25) is 0 Å². The third-order valence-electron chi connectivity index (χ3n) is 5.59. The second-order valence-corrected chi connectivity index (χ2v) is 7.77. The summed E-state index contributed by atoms with van der Waals surface area (Å²) >= 11 is 0. The summed E-state index contributed by atoms with van der Waals surface area (Å²) in [6, 6.07) is 22.2. The van der Waals surface area contributed by atoms with Crippen molar-refractivity contribution in [1.82, 2.24) is 9.80 Å². The highest BCUT2D eigenvalue weighted by Gasteiger charge is 2.35. The molecule has 5 nitrogen and oxygen atoms in total. The molecule has 4 rings (SSSR count). The summed E-state index contributed by atoms with van der Waals surface area (Å²) in [5, 5.41) is 0. The zero-order valence-corrected chi connectivity index (χ0v) is 17.7. The number of carbonyl (C=O) groups excluding carboxylic acids is 3. The Bertz CT molecular complexity index is 1120. The van der Waals surface area contributed by atoms with Crippen molar-refractivity contribution < 1.29 is 14.4 Å². The average Bonchev–Trinajstić information content (AvgIpc) is 3.04. The molecule has 1 heterocycles. The summed E-state index contributed by atoms with van der Waals surface area (Å²) in [4.78, 5) is 41.1. The first-order chi connectivity index (χ1) is 15.0. The number of imide groups is 1. The fourth-order valence-corrected chi connectivity index (χ4v) is 3.81. The van der Waals surface area contributed by atoms with E-state index in [4.69, 9.17) is 0 Å². The summed E-state index contributed by atoms with van der Waals surface area (Å²) in [5.74, 6) is -0.710. The van der Waals surface area contributed by atoms with Gasteiger partial charge in [0.25, 0.3) is 17.7 Å². The minimum Gasteiger partial charge on any atom is -0.337 e. The van der Waals surface area contributed by atoms with Gasteiger partial charge in [0.15, 0.2) is 0 Å². The Morgan fingerprint density at radius 1 is 0.806 bits per heavy atom. The van der Waals surface area contributed by atoms with E-state index in [1.165, 1.54) is 10.5 Å². The Labute approximate surface area is 181 Å². The lowest BCUT2D eigenvalue weighted by Crippen LogP contribution is -2.29. The molecule has 3 aromatic carbocycles. The molecule has 0 atom stereocenters. The van der Waals surface area contributed by atoms with Crippen molar-refractivity contribution in [3.05, 3.63) is 106 Å². The van der Waals surface area contributed by atoms with Crippen molar-refractivity contribution >= 4 is 17.7 Å².